The minimum absolute atomic E-state index is 0.0613. The molecule has 3 rings (SSSR count). The predicted molar refractivity (Wildman–Crippen MR) is 93.1 cm³/mol. The maximum atomic E-state index is 12.6. The predicted octanol–water partition coefficient (Wildman–Crippen LogP) is 2.51. The number of nitrogens with one attached hydrogen (secondary N) is 1. The summed E-state index contributed by atoms with van der Waals surface area (Å²) in [5.74, 6) is -0.00336. The quantitative estimate of drug-likeness (QED) is 0.855. The van der Waals surface area contributed by atoms with Gasteiger partial charge in [-0.3, -0.25) is 9.59 Å². The smallest absolute Gasteiger partial charge is 0.245 e. The first-order valence-electron chi connectivity index (χ1n) is 8.67. The number of carbonyl (C=O) groups is 2. The van der Waals surface area contributed by atoms with E-state index in [2.05, 4.69) is 10.3 Å². The van der Waals surface area contributed by atoms with E-state index in [1.807, 2.05) is 13.8 Å². The summed E-state index contributed by atoms with van der Waals surface area (Å²) >= 11 is 1.46. The van der Waals surface area contributed by atoms with E-state index in [0.29, 0.717) is 11.7 Å². The Bertz CT molecular complexity index is 587. The fourth-order valence-electron chi connectivity index (χ4n) is 3.04. The average Bonchev–Trinajstić information content (AvgIpc) is 3.07. The summed E-state index contributed by atoms with van der Waals surface area (Å²) in [6.45, 7) is 5.24. The largest absolute Gasteiger partial charge is 0.376 e. The zero-order valence-corrected chi connectivity index (χ0v) is 15.2. The lowest BCUT2D eigenvalue weighted by molar-refractivity contribution is -0.142. The van der Waals surface area contributed by atoms with Crippen molar-refractivity contribution in [2.24, 2.45) is 5.92 Å². The van der Waals surface area contributed by atoms with E-state index in [9.17, 15) is 9.59 Å². The molecular weight excluding hydrogens is 326 g/mol. The van der Waals surface area contributed by atoms with Crippen LogP contribution >= 0.6 is 11.3 Å². The van der Waals surface area contributed by atoms with Gasteiger partial charge in [0.2, 0.25) is 11.8 Å². The summed E-state index contributed by atoms with van der Waals surface area (Å²) in [6.07, 6.45) is 5.03. The van der Waals surface area contributed by atoms with E-state index in [-0.39, 0.29) is 30.4 Å². The lowest BCUT2D eigenvalue weighted by Gasteiger charge is -2.32. The van der Waals surface area contributed by atoms with Crippen molar-refractivity contribution < 1.29 is 14.3 Å². The van der Waals surface area contributed by atoms with Crippen LogP contribution in [0.2, 0.25) is 0 Å². The lowest BCUT2D eigenvalue weighted by Crippen LogP contribution is -2.46. The van der Waals surface area contributed by atoms with E-state index in [1.165, 1.54) is 11.3 Å². The fraction of sp³-hybridized carbons (Fsp3) is 0.706. The van der Waals surface area contributed by atoms with Gasteiger partial charge in [-0.05, 0) is 39.5 Å². The van der Waals surface area contributed by atoms with E-state index in [4.69, 9.17) is 4.74 Å². The van der Waals surface area contributed by atoms with Gasteiger partial charge in [0.25, 0.3) is 0 Å². The molecule has 0 radical (unpaired) electrons. The minimum Gasteiger partial charge on any atom is -0.376 e. The second-order valence-corrected chi connectivity index (χ2v) is 7.89. The van der Waals surface area contributed by atoms with E-state index in [1.54, 1.807) is 4.90 Å². The highest BCUT2D eigenvalue weighted by Crippen LogP contribution is 2.29. The molecule has 132 valence electrons. The average molecular weight is 351 g/mol. The number of thiazole rings is 1. The summed E-state index contributed by atoms with van der Waals surface area (Å²) < 4.78 is 5.65. The van der Waals surface area contributed by atoms with Crippen LogP contribution in [0.4, 0.5) is 5.13 Å². The summed E-state index contributed by atoms with van der Waals surface area (Å²) in [4.78, 5) is 32.1. The molecule has 6 nitrogen and oxygen atoms in total. The van der Waals surface area contributed by atoms with Crippen molar-refractivity contribution in [3.05, 3.63) is 10.6 Å². The Labute approximate surface area is 146 Å². The Kier molecular flexibility index (Phi) is 5.50. The molecule has 1 aromatic heterocycles. The number of carbonyl (C=O) groups excluding carboxylic acids is 2. The summed E-state index contributed by atoms with van der Waals surface area (Å²) in [7, 11) is 0. The van der Waals surface area contributed by atoms with Crippen LogP contribution in [0.3, 0.4) is 0 Å². The number of rotatable bonds is 6. The highest BCUT2D eigenvalue weighted by Gasteiger charge is 2.32. The van der Waals surface area contributed by atoms with Crippen LogP contribution < -0.4 is 5.32 Å². The number of amides is 2. The van der Waals surface area contributed by atoms with Crippen molar-refractivity contribution in [1.29, 1.82) is 0 Å². The van der Waals surface area contributed by atoms with Crippen LogP contribution in [0.1, 0.15) is 42.7 Å². The third-order valence-electron chi connectivity index (χ3n) is 4.82. The monoisotopic (exact) mass is 351 g/mol. The molecule has 2 amide bonds. The number of aromatic nitrogens is 1. The summed E-state index contributed by atoms with van der Waals surface area (Å²) in [5, 5.41) is 3.42. The third kappa shape index (κ3) is 4.13. The number of hydrogen-bond donors (Lipinski definition) is 1. The zero-order valence-electron chi connectivity index (χ0n) is 14.3. The Morgan fingerprint density at radius 1 is 1.29 bits per heavy atom. The maximum absolute atomic E-state index is 12.6. The van der Waals surface area contributed by atoms with E-state index < -0.39 is 0 Å². The second-order valence-electron chi connectivity index (χ2n) is 6.69. The number of nitrogens with zero attached hydrogens (tertiary/aromatic N) is 2. The normalized spacial score (nSPS) is 20.7. The highest BCUT2D eigenvalue weighted by atomic mass is 32.1. The maximum Gasteiger partial charge on any atom is 0.245 e. The fourth-order valence-corrected chi connectivity index (χ4v) is 3.87. The molecule has 0 aromatic carbocycles. The molecule has 1 saturated carbocycles. The van der Waals surface area contributed by atoms with E-state index in [0.717, 1.165) is 49.3 Å². The van der Waals surface area contributed by atoms with Crippen LogP contribution in [0, 0.1) is 19.8 Å². The van der Waals surface area contributed by atoms with Gasteiger partial charge in [-0.1, -0.05) is 6.42 Å². The first-order chi connectivity index (χ1) is 11.5. The third-order valence-corrected chi connectivity index (χ3v) is 5.81. The van der Waals surface area contributed by atoms with Gasteiger partial charge in [0.15, 0.2) is 5.13 Å². The van der Waals surface area contributed by atoms with Gasteiger partial charge in [0.05, 0.1) is 11.8 Å². The number of anilines is 1. The topological polar surface area (TPSA) is 71.5 Å². The van der Waals surface area contributed by atoms with Crippen molar-refractivity contribution in [2.75, 3.05) is 25.0 Å². The van der Waals surface area contributed by atoms with Gasteiger partial charge in [-0.25, -0.2) is 4.98 Å². The molecule has 2 aliphatic rings. The van der Waals surface area contributed by atoms with Gasteiger partial charge in [-0.15, -0.1) is 11.3 Å². The SMILES string of the molecule is Cc1nc(NC(=O)CN(C[C@@H]2CCCO2)C(=O)C2CCC2)sc1C. The highest BCUT2D eigenvalue weighted by molar-refractivity contribution is 7.15. The van der Waals surface area contributed by atoms with Gasteiger partial charge < -0.3 is 15.0 Å². The van der Waals surface area contributed by atoms with E-state index >= 15 is 0 Å². The van der Waals surface area contributed by atoms with Crippen molar-refractivity contribution in [2.45, 2.75) is 52.1 Å². The minimum atomic E-state index is -0.186. The summed E-state index contributed by atoms with van der Waals surface area (Å²) in [5.41, 5.74) is 0.928. The molecule has 1 saturated heterocycles. The lowest BCUT2D eigenvalue weighted by atomic mass is 9.84. The van der Waals surface area contributed by atoms with Crippen LogP contribution in [-0.2, 0) is 14.3 Å². The second kappa shape index (κ2) is 7.61. The Hall–Kier alpha value is -1.47. The molecule has 2 fully saturated rings. The molecule has 7 heteroatoms. The molecule has 2 heterocycles. The number of ether oxygens (including phenoxy) is 1. The van der Waals surface area contributed by atoms with Crippen LogP contribution in [0.5, 0.6) is 0 Å². The van der Waals surface area contributed by atoms with Crippen LogP contribution in [0.15, 0.2) is 0 Å². The van der Waals surface area contributed by atoms with Gasteiger partial charge in [-0.2, -0.15) is 0 Å². The molecule has 0 bridgehead atoms. The van der Waals surface area contributed by atoms with Gasteiger partial charge in [0, 0.05) is 23.9 Å². The first-order valence-corrected chi connectivity index (χ1v) is 9.49. The molecule has 0 unspecified atom stereocenters. The molecule has 24 heavy (non-hydrogen) atoms. The van der Waals surface area contributed by atoms with Crippen LogP contribution in [-0.4, -0.2) is 47.5 Å². The number of aryl methyl sites for hydroxylation is 2. The van der Waals surface area contributed by atoms with Crippen molar-refractivity contribution >= 4 is 28.3 Å². The molecule has 1 aromatic rings. The van der Waals surface area contributed by atoms with Crippen molar-refractivity contribution in [3.8, 4) is 0 Å². The van der Waals surface area contributed by atoms with Gasteiger partial charge in [0.1, 0.15) is 6.54 Å². The van der Waals surface area contributed by atoms with Crippen molar-refractivity contribution in [1.82, 2.24) is 9.88 Å². The molecule has 0 spiro atoms. The summed E-state index contributed by atoms with van der Waals surface area (Å²) in [6, 6.07) is 0. The standard InChI is InChI=1S/C17H25N3O3S/c1-11-12(2)24-17(18-11)19-15(21)10-20(9-14-7-4-8-23-14)16(22)13-5-3-6-13/h13-14H,3-10H2,1-2H3,(H,18,19,21)/t14-/m0/s1. The Morgan fingerprint density at radius 2 is 2.08 bits per heavy atom. The molecule has 1 aliphatic heterocycles. The zero-order chi connectivity index (χ0) is 17.1. The van der Waals surface area contributed by atoms with Gasteiger partial charge >= 0.3 is 0 Å². The first kappa shape index (κ1) is 17.4. The molecule has 1 N–H and O–H groups in total. The Morgan fingerprint density at radius 3 is 2.62 bits per heavy atom. The van der Waals surface area contributed by atoms with Crippen molar-refractivity contribution in [3.63, 3.8) is 0 Å². The Balaban J connectivity index is 1.60. The molecule has 1 aliphatic carbocycles. The molecular formula is C17H25N3O3S. The van der Waals surface area contributed by atoms with Crippen LogP contribution in [0.25, 0.3) is 0 Å². The molecule has 1 atom stereocenters. The number of hydrogen-bond acceptors (Lipinski definition) is 5.